The average Bonchev–Trinajstić information content (AvgIpc) is 2.85. The summed E-state index contributed by atoms with van der Waals surface area (Å²) in [6.07, 6.45) is 1.36. The number of carbonyl (C=O) groups excluding carboxylic acids is 3. The fraction of sp³-hybridized carbons (Fsp3) is 0.120. The maximum Gasteiger partial charge on any atom is 0.343 e. The molecule has 9 heteroatoms. The van der Waals surface area contributed by atoms with Crippen LogP contribution in [0.25, 0.3) is 0 Å². The van der Waals surface area contributed by atoms with Crippen LogP contribution >= 0.6 is 0 Å². The molecule has 0 atom stereocenters. The molecule has 9 nitrogen and oxygen atoms in total. The molecule has 3 aromatic rings. The quantitative estimate of drug-likeness (QED) is 0.183. The first kappa shape index (κ1) is 24.0. The van der Waals surface area contributed by atoms with Crippen LogP contribution in [0, 0.1) is 6.92 Å². The minimum Gasteiger partial charge on any atom is -0.493 e. The molecular weight excluding hydrogens is 438 g/mol. The van der Waals surface area contributed by atoms with E-state index in [-0.39, 0.29) is 0 Å². The molecule has 0 saturated heterocycles. The van der Waals surface area contributed by atoms with Crippen LogP contribution in [0.1, 0.15) is 21.5 Å². The highest BCUT2D eigenvalue weighted by Crippen LogP contribution is 2.28. The Bertz CT molecular complexity index is 1220. The minimum atomic E-state index is -0.903. The Balaban J connectivity index is 1.54. The van der Waals surface area contributed by atoms with Crippen LogP contribution < -0.4 is 25.0 Å². The van der Waals surface area contributed by atoms with Gasteiger partial charge in [0.15, 0.2) is 11.5 Å². The number of hydrogen-bond acceptors (Lipinski definition) is 7. The van der Waals surface area contributed by atoms with Crippen LogP contribution in [-0.2, 0) is 9.59 Å². The van der Waals surface area contributed by atoms with Gasteiger partial charge < -0.3 is 19.5 Å². The van der Waals surface area contributed by atoms with Gasteiger partial charge in [-0.15, -0.1) is 0 Å². The Labute approximate surface area is 196 Å². The van der Waals surface area contributed by atoms with Crippen LogP contribution in [0.15, 0.2) is 71.8 Å². The molecule has 0 aliphatic rings. The number of carbonyl (C=O) groups is 3. The Morgan fingerprint density at radius 3 is 2.24 bits per heavy atom. The third kappa shape index (κ3) is 6.19. The summed E-state index contributed by atoms with van der Waals surface area (Å²) in [5.74, 6) is -1.06. The summed E-state index contributed by atoms with van der Waals surface area (Å²) in [4.78, 5) is 36.3. The largest absolute Gasteiger partial charge is 0.493 e. The second kappa shape index (κ2) is 11.3. The van der Waals surface area contributed by atoms with Gasteiger partial charge in [-0.1, -0.05) is 18.2 Å². The van der Waals surface area contributed by atoms with Crippen LogP contribution in [0.4, 0.5) is 5.69 Å². The highest BCUT2D eigenvalue weighted by Gasteiger charge is 2.14. The maximum atomic E-state index is 12.4. The van der Waals surface area contributed by atoms with Gasteiger partial charge in [-0.25, -0.2) is 10.2 Å². The maximum absolute atomic E-state index is 12.4. The van der Waals surface area contributed by atoms with Crippen LogP contribution in [0.2, 0.25) is 0 Å². The van der Waals surface area contributed by atoms with Gasteiger partial charge in [0.25, 0.3) is 0 Å². The molecule has 34 heavy (non-hydrogen) atoms. The van der Waals surface area contributed by atoms with E-state index in [1.807, 2.05) is 19.1 Å². The van der Waals surface area contributed by atoms with Crippen LogP contribution in [0.5, 0.6) is 17.2 Å². The number of nitrogens with one attached hydrogen (secondary N) is 2. The van der Waals surface area contributed by atoms with Crippen molar-refractivity contribution in [3.63, 3.8) is 0 Å². The van der Waals surface area contributed by atoms with Gasteiger partial charge in [-0.3, -0.25) is 9.59 Å². The fourth-order valence-electron chi connectivity index (χ4n) is 2.86. The van der Waals surface area contributed by atoms with Gasteiger partial charge in [0.2, 0.25) is 0 Å². The van der Waals surface area contributed by atoms with Gasteiger partial charge in [-0.2, -0.15) is 5.10 Å². The molecule has 0 radical (unpaired) electrons. The Morgan fingerprint density at radius 1 is 0.853 bits per heavy atom. The molecule has 0 heterocycles. The molecule has 0 bridgehead atoms. The summed E-state index contributed by atoms with van der Waals surface area (Å²) < 4.78 is 15.7. The number of anilines is 1. The number of esters is 1. The van der Waals surface area contributed by atoms with Crippen molar-refractivity contribution >= 4 is 29.7 Å². The van der Waals surface area contributed by atoms with Crippen molar-refractivity contribution in [2.75, 3.05) is 19.5 Å². The highest BCUT2D eigenvalue weighted by atomic mass is 16.5. The summed E-state index contributed by atoms with van der Waals surface area (Å²) >= 11 is 0. The standard InChI is InChI=1S/C25H23N3O6/c1-16-6-4-5-7-20(16)27-23(29)24(30)28-26-15-17-8-11-19(12-9-17)34-25(31)18-10-13-21(32-2)22(14-18)33-3/h4-15H,1-3H3,(H,27,29)(H,28,30). The number of hydrogen-bond donors (Lipinski definition) is 2. The SMILES string of the molecule is COc1ccc(C(=O)Oc2ccc(C=NNC(=O)C(=O)Nc3ccccc3C)cc2)cc1OC. The van der Waals surface area contributed by atoms with Crippen molar-refractivity contribution in [2.45, 2.75) is 6.92 Å². The lowest BCUT2D eigenvalue weighted by Crippen LogP contribution is -2.32. The van der Waals surface area contributed by atoms with Gasteiger partial charge in [0.1, 0.15) is 5.75 Å². The summed E-state index contributed by atoms with van der Waals surface area (Å²) in [6, 6.07) is 18.3. The van der Waals surface area contributed by atoms with Gasteiger partial charge in [0.05, 0.1) is 26.0 Å². The third-order valence-corrected chi connectivity index (χ3v) is 4.69. The molecule has 0 aliphatic heterocycles. The second-order valence-corrected chi connectivity index (χ2v) is 7.00. The van der Waals surface area contributed by atoms with E-state index >= 15 is 0 Å². The summed E-state index contributed by atoms with van der Waals surface area (Å²) in [7, 11) is 2.98. The molecule has 0 spiro atoms. The van der Waals surface area contributed by atoms with Gasteiger partial charge in [-0.05, 0) is 66.6 Å². The molecule has 0 saturated carbocycles. The zero-order chi connectivity index (χ0) is 24.5. The first-order chi connectivity index (χ1) is 16.4. The van der Waals surface area contributed by atoms with Crippen LogP contribution in [-0.4, -0.2) is 38.2 Å². The Kier molecular flexibility index (Phi) is 7.96. The molecule has 0 aliphatic carbocycles. The smallest absolute Gasteiger partial charge is 0.343 e. The number of para-hydroxylation sites is 1. The van der Waals surface area contributed by atoms with E-state index in [4.69, 9.17) is 14.2 Å². The number of methoxy groups -OCH3 is 2. The molecule has 2 amide bonds. The van der Waals surface area contributed by atoms with E-state index in [0.717, 1.165) is 5.56 Å². The number of aryl methyl sites for hydroxylation is 1. The van der Waals surface area contributed by atoms with E-state index < -0.39 is 17.8 Å². The summed E-state index contributed by atoms with van der Waals surface area (Å²) in [5.41, 5.74) is 4.47. The van der Waals surface area contributed by atoms with Crippen molar-refractivity contribution in [1.82, 2.24) is 5.43 Å². The predicted molar refractivity (Wildman–Crippen MR) is 126 cm³/mol. The monoisotopic (exact) mass is 461 g/mol. The molecule has 2 N–H and O–H groups in total. The van der Waals surface area contributed by atoms with Crippen LogP contribution in [0.3, 0.4) is 0 Å². The Morgan fingerprint density at radius 2 is 1.56 bits per heavy atom. The number of nitrogens with zero attached hydrogens (tertiary/aromatic N) is 1. The summed E-state index contributed by atoms with van der Waals surface area (Å²) in [5, 5.41) is 6.30. The lowest BCUT2D eigenvalue weighted by atomic mass is 10.2. The summed E-state index contributed by atoms with van der Waals surface area (Å²) in [6.45, 7) is 1.82. The van der Waals surface area contributed by atoms with Crippen molar-refractivity contribution in [1.29, 1.82) is 0 Å². The zero-order valence-corrected chi connectivity index (χ0v) is 18.8. The predicted octanol–water partition coefficient (Wildman–Crippen LogP) is 3.32. The first-order valence-corrected chi connectivity index (χ1v) is 10.2. The average molecular weight is 461 g/mol. The van der Waals surface area contributed by atoms with E-state index in [9.17, 15) is 14.4 Å². The lowest BCUT2D eigenvalue weighted by Gasteiger charge is -2.09. The number of amides is 2. The molecule has 0 fully saturated rings. The van der Waals surface area contributed by atoms with Crippen molar-refractivity contribution < 1.29 is 28.6 Å². The topological polar surface area (TPSA) is 115 Å². The number of benzene rings is 3. The normalized spacial score (nSPS) is 10.4. The Hall–Kier alpha value is -4.66. The van der Waals surface area contributed by atoms with Crippen molar-refractivity contribution in [3.05, 3.63) is 83.4 Å². The lowest BCUT2D eigenvalue weighted by molar-refractivity contribution is -0.136. The highest BCUT2D eigenvalue weighted by molar-refractivity contribution is 6.39. The minimum absolute atomic E-state index is 0.301. The molecule has 0 unspecified atom stereocenters. The first-order valence-electron chi connectivity index (χ1n) is 10.2. The molecule has 3 aromatic carbocycles. The third-order valence-electron chi connectivity index (χ3n) is 4.69. The molecule has 0 aromatic heterocycles. The number of rotatable bonds is 7. The van der Waals surface area contributed by atoms with Crippen molar-refractivity contribution in [2.24, 2.45) is 5.10 Å². The molecular formula is C25H23N3O6. The number of ether oxygens (including phenoxy) is 3. The zero-order valence-electron chi connectivity index (χ0n) is 18.8. The second-order valence-electron chi connectivity index (χ2n) is 7.00. The van der Waals surface area contributed by atoms with E-state index in [0.29, 0.717) is 34.1 Å². The van der Waals surface area contributed by atoms with E-state index in [1.54, 1.807) is 48.5 Å². The fourth-order valence-corrected chi connectivity index (χ4v) is 2.86. The van der Waals surface area contributed by atoms with Crippen molar-refractivity contribution in [3.8, 4) is 17.2 Å². The number of hydrazone groups is 1. The molecule has 174 valence electrons. The molecule has 3 rings (SSSR count). The van der Waals surface area contributed by atoms with Gasteiger partial charge in [0, 0.05) is 5.69 Å². The van der Waals surface area contributed by atoms with Gasteiger partial charge >= 0.3 is 17.8 Å². The van der Waals surface area contributed by atoms with E-state index in [2.05, 4.69) is 15.8 Å². The van der Waals surface area contributed by atoms with E-state index in [1.165, 1.54) is 26.5 Å².